The SMILES string of the molecule is Cc1c(F)cccc1[C@]1(C2CCCNC2)C(C(=O)c2cccc(O)c2)=C[C@](C=O)(CCO)C(F)=C1F. The van der Waals surface area contributed by atoms with Crippen LogP contribution in [0.25, 0.3) is 0 Å². The van der Waals surface area contributed by atoms with Crippen LogP contribution in [0.4, 0.5) is 13.2 Å². The number of carbonyl (C=O) groups is 2. The van der Waals surface area contributed by atoms with E-state index in [4.69, 9.17) is 0 Å². The monoisotopic (exact) mass is 499 g/mol. The summed E-state index contributed by atoms with van der Waals surface area (Å²) in [6.07, 6.45) is 1.82. The molecule has 1 saturated heterocycles. The number of Topliss-reactive ketones (excluding diaryl/α,β-unsaturated/α-hetero) is 1. The normalized spacial score (nSPS) is 26.5. The standard InChI is InChI=1S/C28H28F3NO4/c1-17-21(8-3-9-23(17)29)28(19-6-4-11-32-15-19)22(24(36)18-5-2-7-20(35)13-18)14-27(16-34,10-12-33)25(30)26(28)31/h2-3,5,7-9,13-14,16,19,32-33,35H,4,6,10-12,15H2,1H3/t19?,27-,28+/m0/s1. The van der Waals surface area contributed by atoms with Crippen molar-refractivity contribution in [1.82, 2.24) is 5.32 Å². The van der Waals surface area contributed by atoms with Crippen LogP contribution in [0, 0.1) is 24.1 Å². The Kier molecular flexibility index (Phi) is 7.20. The third kappa shape index (κ3) is 3.98. The minimum absolute atomic E-state index is 0.00218. The fraction of sp³-hybridized carbons (Fsp3) is 0.357. The van der Waals surface area contributed by atoms with Crippen LogP contribution in [-0.2, 0) is 10.2 Å². The lowest BCUT2D eigenvalue weighted by molar-refractivity contribution is -0.114. The summed E-state index contributed by atoms with van der Waals surface area (Å²) in [7, 11) is 0. The van der Waals surface area contributed by atoms with Gasteiger partial charge in [0.2, 0.25) is 0 Å². The van der Waals surface area contributed by atoms with Crippen molar-refractivity contribution in [3.05, 3.63) is 88.3 Å². The van der Waals surface area contributed by atoms with Crippen molar-refractivity contribution in [2.45, 2.75) is 31.6 Å². The number of rotatable bonds is 7. The van der Waals surface area contributed by atoms with Gasteiger partial charge in [-0.05, 0) is 74.5 Å². The molecule has 5 nitrogen and oxygen atoms in total. The molecular formula is C28H28F3NO4. The van der Waals surface area contributed by atoms with E-state index in [0.717, 1.165) is 6.08 Å². The number of halogens is 3. The van der Waals surface area contributed by atoms with Crippen molar-refractivity contribution < 1.29 is 33.0 Å². The first-order chi connectivity index (χ1) is 17.2. The van der Waals surface area contributed by atoms with Gasteiger partial charge in [0.05, 0.1) is 5.41 Å². The third-order valence-electron chi connectivity index (χ3n) is 7.46. The number of aldehydes is 1. The van der Waals surface area contributed by atoms with Crippen LogP contribution in [0.3, 0.4) is 0 Å². The first-order valence-electron chi connectivity index (χ1n) is 11.9. The van der Waals surface area contributed by atoms with Crippen molar-refractivity contribution in [2.24, 2.45) is 11.3 Å². The maximum atomic E-state index is 16.8. The lowest BCUT2D eigenvalue weighted by Gasteiger charge is -2.48. The number of hydrogen-bond donors (Lipinski definition) is 3. The van der Waals surface area contributed by atoms with Crippen molar-refractivity contribution in [1.29, 1.82) is 0 Å². The second-order valence-corrected chi connectivity index (χ2v) is 9.46. The molecule has 0 bridgehead atoms. The van der Waals surface area contributed by atoms with Gasteiger partial charge >= 0.3 is 0 Å². The van der Waals surface area contributed by atoms with Gasteiger partial charge in [0.15, 0.2) is 5.78 Å². The molecule has 1 aliphatic carbocycles. The van der Waals surface area contributed by atoms with E-state index >= 15 is 8.78 Å². The Morgan fingerprint density at radius 2 is 1.92 bits per heavy atom. The zero-order chi connectivity index (χ0) is 26.1. The fourth-order valence-electron chi connectivity index (χ4n) is 5.63. The number of aliphatic hydroxyl groups excluding tert-OH is 1. The summed E-state index contributed by atoms with van der Waals surface area (Å²) >= 11 is 0. The Morgan fingerprint density at radius 3 is 2.56 bits per heavy atom. The van der Waals surface area contributed by atoms with Crippen LogP contribution in [0.15, 0.2) is 65.8 Å². The van der Waals surface area contributed by atoms with E-state index in [1.165, 1.54) is 49.4 Å². The van der Waals surface area contributed by atoms with Gasteiger partial charge < -0.3 is 20.3 Å². The van der Waals surface area contributed by atoms with Gasteiger partial charge in [-0.25, -0.2) is 13.2 Å². The molecule has 3 atom stereocenters. The molecule has 8 heteroatoms. The minimum Gasteiger partial charge on any atom is -0.508 e. The van der Waals surface area contributed by atoms with Gasteiger partial charge in [0.1, 0.15) is 34.9 Å². The molecule has 36 heavy (non-hydrogen) atoms. The summed E-state index contributed by atoms with van der Waals surface area (Å²) in [5.74, 6) is -5.00. The van der Waals surface area contributed by atoms with Crippen LogP contribution in [0.1, 0.15) is 40.7 Å². The van der Waals surface area contributed by atoms with Gasteiger partial charge in [0, 0.05) is 17.7 Å². The molecule has 0 radical (unpaired) electrons. The Morgan fingerprint density at radius 1 is 1.17 bits per heavy atom. The van der Waals surface area contributed by atoms with Gasteiger partial charge in [0.25, 0.3) is 0 Å². The van der Waals surface area contributed by atoms with Crippen LogP contribution >= 0.6 is 0 Å². The van der Waals surface area contributed by atoms with Gasteiger partial charge in [-0.15, -0.1) is 0 Å². The molecule has 0 aromatic heterocycles. The predicted molar refractivity (Wildman–Crippen MR) is 128 cm³/mol. The number of phenolic OH excluding ortho intramolecular Hbond substituents is 1. The molecule has 0 amide bonds. The van der Waals surface area contributed by atoms with Crippen LogP contribution in [0.5, 0.6) is 5.75 Å². The molecule has 1 heterocycles. The van der Waals surface area contributed by atoms with Gasteiger partial charge in [-0.1, -0.05) is 30.3 Å². The van der Waals surface area contributed by atoms with E-state index in [0.29, 0.717) is 19.4 Å². The predicted octanol–water partition coefficient (Wildman–Crippen LogP) is 4.62. The zero-order valence-electron chi connectivity index (χ0n) is 19.9. The molecule has 2 aliphatic rings. The molecule has 2 aromatic carbocycles. The molecule has 190 valence electrons. The second-order valence-electron chi connectivity index (χ2n) is 9.46. The second kappa shape index (κ2) is 10.0. The average Bonchev–Trinajstić information content (AvgIpc) is 2.89. The van der Waals surface area contributed by atoms with Gasteiger partial charge in [-0.2, -0.15) is 0 Å². The minimum atomic E-state index is -2.20. The fourth-order valence-corrected chi connectivity index (χ4v) is 5.63. The summed E-state index contributed by atoms with van der Waals surface area (Å²) in [6, 6.07) is 9.49. The molecule has 1 unspecified atom stereocenters. The van der Waals surface area contributed by atoms with Crippen molar-refractivity contribution >= 4 is 12.1 Å². The molecule has 4 rings (SSSR count). The summed E-state index contributed by atoms with van der Waals surface area (Å²) < 4.78 is 47.6. The number of piperidine rings is 1. The summed E-state index contributed by atoms with van der Waals surface area (Å²) in [5, 5.41) is 22.8. The Labute approximate surface area is 207 Å². The van der Waals surface area contributed by atoms with E-state index in [1.54, 1.807) is 0 Å². The molecule has 0 saturated carbocycles. The first-order valence-corrected chi connectivity index (χ1v) is 11.9. The van der Waals surface area contributed by atoms with Crippen molar-refractivity contribution in [2.75, 3.05) is 19.7 Å². The van der Waals surface area contributed by atoms with Crippen LogP contribution in [-0.4, -0.2) is 42.0 Å². The largest absolute Gasteiger partial charge is 0.508 e. The molecular weight excluding hydrogens is 471 g/mol. The first kappa shape index (κ1) is 25.9. The number of aromatic hydroxyl groups is 1. The summed E-state index contributed by atoms with van der Waals surface area (Å²) in [6.45, 7) is 1.67. The lowest BCUT2D eigenvalue weighted by Crippen LogP contribution is -2.51. The van der Waals surface area contributed by atoms with E-state index in [2.05, 4.69) is 5.32 Å². The number of ketones is 1. The topological polar surface area (TPSA) is 86.6 Å². The van der Waals surface area contributed by atoms with E-state index in [1.807, 2.05) is 0 Å². The Balaban J connectivity index is 2.12. The number of aliphatic hydroxyl groups is 1. The highest BCUT2D eigenvalue weighted by Crippen LogP contribution is 2.57. The van der Waals surface area contributed by atoms with Crippen LogP contribution < -0.4 is 5.32 Å². The maximum absolute atomic E-state index is 16.8. The Hall–Kier alpha value is -3.23. The average molecular weight is 500 g/mol. The number of benzene rings is 2. The summed E-state index contributed by atoms with van der Waals surface area (Å²) in [5.41, 5.74) is -4.31. The highest BCUT2D eigenvalue weighted by Gasteiger charge is 2.58. The number of hydrogen-bond acceptors (Lipinski definition) is 5. The molecule has 1 fully saturated rings. The van der Waals surface area contributed by atoms with E-state index in [-0.39, 0.29) is 40.8 Å². The van der Waals surface area contributed by atoms with Crippen LogP contribution in [0.2, 0.25) is 0 Å². The third-order valence-corrected chi connectivity index (χ3v) is 7.46. The highest BCUT2D eigenvalue weighted by atomic mass is 19.2. The smallest absolute Gasteiger partial charge is 0.190 e. The lowest BCUT2D eigenvalue weighted by atomic mass is 9.55. The number of nitrogens with one attached hydrogen (secondary N) is 1. The molecule has 3 N–H and O–H groups in total. The number of allylic oxidation sites excluding steroid dienone is 4. The van der Waals surface area contributed by atoms with Gasteiger partial charge in [-0.3, -0.25) is 4.79 Å². The maximum Gasteiger partial charge on any atom is 0.190 e. The number of phenols is 1. The zero-order valence-corrected chi connectivity index (χ0v) is 19.9. The number of carbonyl (C=O) groups excluding carboxylic acids is 2. The molecule has 2 aromatic rings. The van der Waals surface area contributed by atoms with E-state index < -0.39 is 53.0 Å². The highest BCUT2D eigenvalue weighted by molar-refractivity contribution is 6.12. The van der Waals surface area contributed by atoms with E-state index in [9.17, 15) is 24.2 Å². The van der Waals surface area contributed by atoms with Crippen molar-refractivity contribution in [3.63, 3.8) is 0 Å². The molecule has 0 spiro atoms. The summed E-state index contributed by atoms with van der Waals surface area (Å²) in [4.78, 5) is 26.3. The quantitative estimate of drug-likeness (QED) is 0.382. The van der Waals surface area contributed by atoms with Crippen molar-refractivity contribution in [3.8, 4) is 5.75 Å². The Bertz CT molecular complexity index is 1250. The molecule has 1 aliphatic heterocycles.